The standard InChI is InChI=1S/C23H34O6/c1-13(25)28-15-7-10-22(4)17-8-9-21(3)16(5-6-19(21)29-14(2)26)20(17)18(12-24)23(22,27)11-15/h12,15-20,27H,5-11H2,1-4H3/t15-,16-,17-,18+,19+,20+,21-,22+,23-/m1/s1. The molecule has 0 aromatic heterocycles. The lowest BCUT2D eigenvalue weighted by Crippen LogP contribution is -2.55. The third-order valence-electron chi connectivity index (χ3n) is 9.33. The monoisotopic (exact) mass is 406 g/mol. The van der Waals surface area contributed by atoms with Gasteiger partial charge in [-0.1, -0.05) is 13.8 Å². The summed E-state index contributed by atoms with van der Waals surface area (Å²) in [4.78, 5) is 35.5. The SMILES string of the molecule is CC(=O)O[C@@H]1CC[C@@]2(C)[C@@H]3CC[C@@]4(C)[C@@H](OC(C)=O)CC[C@@H]4[C@@H]3[C@H](C=O)[C@]2(O)C1. The molecule has 4 fully saturated rings. The highest BCUT2D eigenvalue weighted by Crippen LogP contribution is 2.71. The number of hydrogen-bond acceptors (Lipinski definition) is 6. The fourth-order valence-electron chi connectivity index (χ4n) is 8.02. The van der Waals surface area contributed by atoms with Crippen molar-refractivity contribution in [3.05, 3.63) is 0 Å². The average molecular weight is 407 g/mol. The van der Waals surface area contributed by atoms with Crippen LogP contribution in [0, 0.1) is 34.5 Å². The Morgan fingerprint density at radius 2 is 1.66 bits per heavy atom. The number of carbonyl (C=O) groups excluding carboxylic acids is 3. The summed E-state index contributed by atoms with van der Waals surface area (Å²) < 4.78 is 11.1. The van der Waals surface area contributed by atoms with Crippen LogP contribution in [0.1, 0.15) is 72.6 Å². The van der Waals surface area contributed by atoms with Crippen LogP contribution < -0.4 is 0 Å². The molecule has 0 unspecified atom stereocenters. The van der Waals surface area contributed by atoms with E-state index >= 15 is 0 Å². The van der Waals surface area contributed by atoms with Gasteiger partial charge in [-0.15, -0.1) is 0 Å². The first kappa shape index (κ1) is 20.8. The predicted octanol–water partition coefficient (Wildman–Crippen LogP) is 3.04. The highest BCUT2D eigenvalue weighted by Gasteiger charge is 2.72. The Morgan fingerprint density at radius 1 is 0.966 bits per heavy atom. The molecule has 4 aliphatic rings. The smallest absolute Gasteiger partial charge is 0.302 e. The first-order valence-electron chi connectivity index (χ1n) is 11.1. The van der Waals surface area contributed by atoms with E-state index in [4.69, 9.17) is 9.47 Å². The number of aliphatic hydroxyl groups is 1. The molecule has 0 saturated heterocycles. The maximum Gasteiger partial charge on any atom is 0.302 e. The van der Waals surface area contributed by atoms with E-state index < -0.39 is 11.5 Å². The Kier molecular flexibility index (Phi) is 4.88. The van der Waals surface area contributed by atoms with Crippen LogP contribution in [0.15, 0.2) is 0 Å². The van der Waals surface area contributed by atoms with Gasteiger partial charge in [-0.05, 0) is 56.3 Å². The molecule has 4 saturated carbocycles. The van der Waals surface area contributed by atoms with Crippen LogP contribution in [-0.4, -0.2) is 41.1 Å². The lowest BCUT2D eigenvalue weighted by Gasteiger charge is -2.51. The third-order valence-corrected chi connectivity index (χ3v) is 9.33. The van der Waals surface area contributed by atoms with Crippen molar-refractivity contribution in [2.24, 2.45) is 34.5 Å². The summed E-state index contributed by atoms with van der Waals surface area (Å²) in [5.41, 5.74) is -1.67. The number of aldehydes is 1. The number of esters is 2. The van der Waals surface area contributed by atoms with Crippen molar-refractivity contribution in [3.63, 3.8) is 0 Å². The van der Waals surface area contributed by atoms with Gasteiger partial charge in [-0.3, -0.25) is 9.59 Å². The van der Waals surface area contributed by atoms with Crippen molar-refractivity contribution in [2.45, 2.75) is 90.4 Å². The second-order valence-electron chi connectivity index (χ2n) is 10.5. The van der Waals surface area contributed by atoms with E-state index in [2.05, 4.69) is 13.8 Å². The first-order chi connectivity index (χ1) is 13.6. The normalized spacial score (nSPS) is 50.8. The van der Waals surface area contributed by atoms with Crippen LogP contribution >= 0.6 is 0 Å². The van der Waals surface area contributed by atoms with E-state index in [1.54, 1.807) is 0 Å². The number of fused-ring (bicyclic) bond motifs is 5. The van der Waals surface area contributed by atoms with E-state index in [9.17, 15) is 19.5 Å². The average Bonchev–Trinajstić information content (AvgIpc) is 3.04. The number of rotatable bonds is 3. The molecule has 0 heterocycles. The summed E-state index contributed by atoms with van der Waals surface area (Å²) in [6, 6.07) is 0. The quantitative estimate of drug-likeness (QED) is 0.572. The molecule has 0 spiro atoms. The largest absolute Gasteiger partial charge is 0.462 e. The Labute approximate surface area is 172 Å². The lowest BCUT2D eigenvalue weighted by molar-refractivity contribution is -0.174. The van der Waals surface area contributed by atoms with Gasteiger partial charge in [0.25, 0.3) is 0 Å². The van der Waals surface area contributed by atoms with Gasteiger partial charge >= 0.3 is 11.9 Å². The minimum Gasteiger partial charge on any atom is -0.462 e. The van der Waals surface area contributed by atoms with Gasteiger partial charge in [0.2, 0.25) is 0 Å². The zero-order chi connectivity index (χ0) is 21.2. The topological polar surface area (TPSA) is 89.9 Å². The molecule has 0 aromatic carbocycles. The second-order valence-corrected chi connectivity index (χ2v) is 10.5. The number of ether oxygens (including phenoxy) is 2. The van der Waals surface area contributed by atoms with Gasteiger partial charge in [0.15, 0.2) is 0 Å². The molecule has 1 N–H and O–H groups in total. The Balaban J connectivity index is 1.68. The van der Waals surface area contributed by atoms with E-state index in [1.807, 2.05) is 0 Å². The van der Waals surface area contributed by atoms with Crippen LogP contribution in [0.2, 0.25) is 0 Å². The van der Waals surface area contributed by atoms with Crippen molar-refractivity contribution < 1.29 is 29.0 Å². The van der Waals surface area contributed by atoms with Crippen LogP contribution in [0.3, 0.4) is 0 Å². The van der Waals surface area contributed by atoms with Gasteiger partial charge in [-0.25, -0.2) is 0 Å². The molecule has 0 radical (unpaired) electrons. The van der Waals surface area contributed by atoms with Crippen LogP contribution in [0.5, 0.6) is 0 Å². The molecular formula is C23H34O6. The summed E-state index contributed by atoms with van der Waals surface area (Å²) >= 11 is 0. The molecule has 162 valence electrons. The summed E-state index contributed by atoms with van der Waals surface area (Å²) in [5.74, 6) is -0.474. The number of hydrogen-bond donors (Lipinski definition) is 1. The predicted molar refractivity (Wildman–Crippen MR) is 105 cm³/mol. The minimum atomic E-state index is -1.16. The zero-order valence-corrected chi connectivity index (χ0v) is 18.0. The lowest BCUT2D eigenvalue weighted by atomic mass is 9.55. The molecule has 6 nitrogen and oxygen atoms in total. The summed E-state index contributed by atoms with van der Waals surface area (Å²) in [7, 11) is 0. The highest BCUT2D eigenvalue weighted by molar-refractivity contribution is 5.66. The first-order valence-corrected chi connectivity index (χ1v) is 11.1. The van der Waals surface area contributed by atoms with Gasteiger partial charge < -0.3 is 19.4 Å². The van der Waals surface area contributed by atoms with Crippen LogP contribution in [0.25, 0.3) is 0 Å². The second kappa shape index (κ2) is 6.79. The maximum absolute atomic E-state index is 12.4. The summed E-state index contributed by atoms with van der Waals surface area (Å²) in [5, 5.41) is 12.0. The molecule has 0 aliphatic heterocycles. The molecule has 4 aliphatic carbocycles. The molecule has 0 amide bonds. The molecule has 0 bridgehead atoms. The van der Waals surface area contributed by atoms with Crippen molar-refractivity contribution in [2.75, 3.05) is 0 Å². The van der Waals surface area contributed by atoms with Crippen LogP contribution in [0.4, 0.5) is 0 Å². The zero-order valence-electron chi connectivity index (χ0n) is 18.0. The number of carbonyl (C=O) groups is 3. The fourth-order valence-corrected chi connectivity index (χ4v) is 8.02. The molecule has 0 aromatic rings. The van der Waals surface area contributed by atoms with Crippen molar-refractivity contribution in [3.8, 4) is 0 Å². The van der Waals surface area contributed by atoms with Crippen LogP contribution in [-0.2, 0) is 23.9 Å². The van der Waals surface area contributed by atoms with E-state index in [0.29, 0.717) is 6.42 Å². The Bertz CT molecular complexity index is 720. The molecule has 4 rings (SSSR count). The Hall–Kier alpha value is -1.43. The third kappa shape index (κ3) is 2.81. The molecule has 9 atom stereocenters. The van der Waals surface area contributed by atoms with E-state index in [-0.39, 0.29) is 52.7 Å². The minimum absolute atomic E-state index is 0.0814. The van der Waals surface area contributed by atoms with E-state index in [0.717, 1.165) is 44.8 Å². The summed E-state index contributed by atoms with van der Waals surface area (Å²) in [6.45, 7) is 7.19. The highest BCUT2D eigenvalue weighted by atomic mass is 16.5. The van der Waals surface area contributed by atoms with Crippen molar-refractivity contribution in [1.29, 1.82) is 0 Å². The van der Waals surface area contributed by atoms with Gasteiger partial charge in [0.05, 0.1) is 5.60 Å². The molecular weight excluding hydrogens is 372 g/mol. The van der Waals surface area contributed by atoms with Gasteiger partial charge in [0.1, 0.15) is 18.5 Å². The fraction of sp³-hybridized carbons (Fsp3) is 0.870. The molecule has 29 heavy (non-hydrogen) atoms. The van der Waals surface area contributed by atoms with Crippen molar-refractivity contribution >= 4 is 18.2 Å². The maximum atomic E-state index is 12.4. The summed E-state index contributed by atoms with van der Waals surface area (Å²) in [6.07, 6.45) is 5.93. The Morgan fingerprint density at radius 3 is 2.28 bits per heavy atom. The molecule has 6 heteroatoms. The van der Waals surface area contributed by atoms with E-state index in [1.165, 1.54) is 13.8 Å². The van der Waals surface area contributed by atoms with Gasteiger partial charge in [0, 0.05) is 37.0 Å². The van der Waals surface area contributed by atoms with Gasteiger partial charge in [-0.2, -0.15) is 0 Å². The van der Waals surface area contributed by atoms with Crippen molar-refractivity contribution in [1.82, 2.24) is 0 Å².